The molecule has 0 radical (unpaired) electrons. The van der Waals surface area contributed by atoms with Gasteiger partial charge >= 0.3 is 0 Å². The van der Waals surface area contributed by atoms with Gasteiger partial charge in [0, 0.05) is 30.4 Å². The maximum Gasteiger partial charge on any atom is 0.226 e. The van der Waals surface area contributed by atoms with Crippen LogP contribution in [-0.4, -0.2) is 22.0 Å². The molecule has 2 rings (SSSR count). The van der Waals surface area contributed by atoms with E-state index in [0.29, 0.717) is 11.4 Å². The maximum absolute atomic E-state index is 11.8. The minimum Gasteiger partial charge on any atom is -0.356 e. The third kappa shape index (κ3) is 4.33. The molecule has 1 aromatic carbocycles. The van der Waals surface area contributed by atoms with Gasteiger partial charge in [-0.05, 0) is 30.7 Å². The quantitative estimate of drug-likeness (QED) is 0.833. The number of nitrogens with one attached hydrogen (secondary N) is 1. The summed E-state index contributed by atoms with van der Waals surface area (Å²) in [4.78, 5) is 16.3. The van der Waals surface area contributed by atoms with Crippen LogP contribution in [0.5, 0.6) is 0 Å². The van der Waals surface area contributed by atoms with E-state index in [4.69, 9.17) is 11.6 Å². The Morgan fingerprint density at radius 3 is 2.71 bits per heavy atom. The Morgan fingerprint density at radius 1 is 1.33 bits per heavy atom. The zero-order valence-electron chi connectivity index (χ0n) is 12.4. The van der Waals surface area contributed by atoms with Gasteiger partial charge in [-0.2, -0.15) is 0 Å². The second kappa shape index (κ2) is 7.27. The van der Waals surface area contributed by atoms with Crippen molar-refractivity contribution < 1.29 is 4.79 Å². The highest BCUT2D eigenvalue weighted by atomic mass is 35.5. The Bertz CT molecular complexity index is 604. The number of unbranched alkanes of at least 4 members (excludes halogenated alkanes) is 1. The number of halogens is 1. The zero-order valence-corrected chi connectivity index (χ0v) is 13.2. The third-order valence-electron chi connectivity index (χ3n) is 3.22. The fourth-order valence-electron chi connectivity index (χ4n) is 2.11. The molecule has 21 heavy (non-hydrogen) atoms. The fourth-order valence-corrected chi connectivity index (χ4v) is 2.24. The van der Waals surface area contributed by atoms with Crippen LogP contribution < -0.4 is 5.32 Å². The molecule has 0 saturated carbocycles. The van der Waals surface area contributed by atoms with E-state index >= 15 is 0 Å². The van der Waals surface area contributed by atoms with E-state index in [-0.39, 0.29) is 5.91 Å². The summed E-state index contributed by atoms with van der Waals surface area (Å²) in [7, 11) is 1.93. The Morgan fingerprint density at radius 2 is 2.05 bits per heavy atom. The lowest BCUT2D eigenvalue weighted by atomic mass is 10.2. The molecule has 1 heterocycles. The van der Waals surface area contributed by atoms with Crippen LogP contribution in [0.15, 0.2) is 30.5 Å². The number of carbonyl (C=O) groups is 1. The number of amides is 1. The minimum atomic E-state index is 0.0178. The van der Waals surface area contributed by atoms with Crippen molar-refractivity contribution in [2.75, 3.05) is 6.54 Å². The van der Waals surface area contributed by atoms with Gasteiger partial charge in [-0.1, -0.05) is 24.9 Å². The Hall–Kier alpha value is -1.81. The zero-order chi connectivity index (χ0) is 15.2. The summed E-state index contributed by atoms with van der Waals surface area (Å²) in [6.07, 6.45) is 4.28. The first kappa shape index (κ1) is 15.6. The first-order chi connectivity index (χ1) is 10.1. The molecule has 1 amide bonds. The van der Waals surface area contributed by atoms with Crippen molar-refractivity contribution in [1.82, 2.24) is 14.9 Å². The van der Waals surface area contributed by atoms with Gasteiger partial charge in [0.05, 0.1) is 12.1 Å². The lowest BCUT2D eigenvalue weighted by Crippen LogP contribution is -2.26. The van der Waals surface area contributed by atoms with E-state index in [2.05, 4.69) is 17.2 Å². The first-order valence-electron chi connectivity index (χ1n) is 7.15. The predicted molar refractivity (Wildman–Crippen MR) is 85.3 cm³/mol. The molecule has 0 spiro atoms. The van der Waals surface area contributed by atoms with E-state index in [1.54, 1.807) is 0 Å². The predicted octanol–water partition coefficient (Wildman–Crippen LogP) is 3.20. The van der Waals surface area contributed by atoms with Crippen LogP contribution in [0.2, 0.25) is 5.02 Å². The van der Waals surface area contributed by atoms with Gasteiger partial charge in [-0.25, -0.2) is 4.98 Å². The summed E-state index contributed by atoms with van der Waals surface area (Å²) in [5.74, 6) is 0.854. The van der Waals surface area contributed by atoms with Gasteiger partial charge in [0.15, 0.2) is 0 Å². The topological polar surface area (TPSA) is 46.9 Å². The monoisotopic (exact) mass is 305 g/mol. The van der Waals surface area contributed by atoms with Crippen molar-refractivity contribution in [3.8, 4) is 11.4 Å². The molecule has 4 nitrogen and oxygen atoms in total. The van der Waals surface area contributed by atoms with Crippen molar-refractivity contribution in [2.45, 2.75) is 26.2 Å². The molecule has 0 aliphatic carbocycles. The number of hydrogen-bond donors (Lipinski definition) is 1. The van der Waals surface area contributed by atoms with Crippen LogP contribution in [0, 0.1) is 0 Å². The SMILES string of the molecule is CCCCNC(=O)Cc1cn(C)c(-c2ccc(Cl)cc2)n1. The molecule has 0 unspecified atom stereocenters. The van der Waals surface area contributed by atoms with Crippen molar-refractivity contribution in [1.29, 1.82) is 0 Å². The van der Waals surface area contributed by atoms with Gasteiger partial charge in [0.25, 0.3) is 0 Å². The first-order valence-corrected chi connectivity index (χ1v) is 7.53. The highest BCUT2D eigenvalue weighted by Crippen LogP contribution is 2.20. The van der Waals surface area contributed by atoms with Gasteiger partial charge in [0.2, 0.25) is 5.91 Å². The molecule has 112 valence electrons. The molecular weight excluding hydrogens is 286 g/mol. The van der Waals surface area contributed by atoms with Gasteiger partial charge in [0.1, 0.15) is 5.82 Å². The summed E-state index contributed by atoms with van der Waals surface area (Å²) in [5.41, 5.74) is 1.76. The molecule has 0 saturated heterocycles. The van der Waals surface area contributed by atoms with E-state index in [9.17, 15) is 4.79 Å². The number of rotatable bonds is 6. The Kier molecular flexibility index (Phi) is 5.39. The van der Waals surface area contributed by atoms with Crippen molar-refractivity contribution >= 4 is 17.5 Å². The standard InChI is InChI=1S/C16H20ClN3O/c1-3-4-9-18-15(21)10-14-11-20(2)16(19-14)12-5-7-13(17)8-6-12/h5-8,11H,3-4,9-10H2,1-2H3,(H,18,21). The number of nitrogens with zero attached hydrogens (tertiary/aromatic N) is 2. The summed E-state index contributed by atoms with van der Waals surface area (Å²) >= 11 is 5.89. The largest absolute Gasteiger partial charge is 0.356 e. The van der Waals surface area contributed by atoms with E-state index in [0.717, 1.165) is 36.5 Å². The van der Waals surface area contributed by atoms with Crippen LogP contribution >= 0.6 is 11.6 Å². The number of carbonyl (C=O) groups excluding carboxylic acids is 1. The summed E-state index contributed by atoms with van der Waals surface area (Å²) in [6.45, 7) is 2.83. The Labute approximate surface area is 130 Å². The van der Waals surface area contributed by atoms with E-state index in [1.165, 1.54) is 0 Å². The third-order valence-corrected chi connectivity index (χ3v) is 3.47. The van der Waals surface area contributed by atoms with Crippen LogP contribution in [0.4, 0.5) is 0 Å². The smallest absolute Gasteiger partial charge is 0.226 e. The second-order valence-corrected chi connectivity index (χ2v) is 5.49. The lowest BCUT2D eigenvalue weighted by molar-refractivity contribution is -0.120. The number of aromatic nitrogens is 2. The summed E-state index contributed by atoms with van der Waals surface area (Å²) in [6, 6.07) is 7.52. The molecule has 1 aromatic heterocycles. The highest BCUT2D eigenvalue weighted by molar-refractivity contribution is 6.30. The molecule has 5 heteroatoms. The van der Waals surface area contributed by atoms with Crippen LogP contribution in [0.1, 0.15) is 25.5 Å². The molecule has 0 aliphatic rings. The van der Waals surface area contributed by atoms with E-state index in [1.807, 2.05) is 42.1 Å². The molecule has 0 fully saturated rings. The van der Waals surface area contributed by atoms with Gasteiger partial charge < -0.3 is 9.88 Å². The number of aryl methyl sites for hydroxylation is 1. The molecule has 0 aliphatic heterocycles. The van der Waals surface area contributed by atoms with Crippen molar-refractivity contribution in [2.24, 2.45) is 7.05 Å². The van der Waals surface area contributed by atoms with Crippen LogP contribution in [0.25, 0.3) is 11.4 Å². The molecule has 2 aromatic rings. The van der Waals surface area contributed by atoms with Gasteiger partial charge in [-0.15, -0.1) is 0 Å². The van der Waals surface area contributed by atoms with Crippen LogP contribution in [-0.2, 0) is 18.3 Å². The highest BCUT2D eigenvalue weighted by Gasteiger charge is 2.10. The average molecular weight is 306 g/mol. The fraction of sp³-hybridized carbons (Fsp3) is 0.375. The average Bonchev–Trinajstić information content (AvgIpc) is 2.80. The minimum absolute atomic E-state index is 0.0178. The Balaban J connectivity index is 2.05. The molecule has 1 N–H and O–H groups in total. The normalized spacial score (nSPS) is 10.6. The number of hydrogen-bond acceptors (Lipinski definition) is 2. The second-order valence-electron chi connectivity index (χ2n) is 5.05. The molecular formula is C16H20ClN3O. The molecule has 0 atom stereocenters. The maximum atomic E-state index is 11.8. The van der Waals surface area contributed by atoms with Crippen molar-refractivity contribution in [3.63, 3.8) is 0 Å². The van der Waals surface area contributed by atoms with Gasteiger partial charge in [-0.3, -0.25) is 4.79 Å². The lowest BCUT2D eigenvalue weighted by Gasteiger charge is -2.02. The summed E-state index contributed by atoms with van der Waals surface area (Å²) in [5, 5.41) is 3.60. The number of benzene rings is 1. The van der Waals surface area contributed by atoms with E-state index < -0.39 is 0 Å². The summed E-state index contributed by atoms with van der Waals surface area (Å²) < 4.78 is 1.93. The van der Waals surface area contributed by atoms with Crippen LogP contribution in [0.3, 0.4) is 0 Å². The number of imidazole rings is 1. The van der Waals surface area contributed by atoms with Crippen molar-refractivity contribution in [3.05, 3.63) is 41.2 Å². The molecule has 0 bridgehead atoms.